The molecule has 1 nitrogen and oxygen atoms in total. The highest BCUT2D eigenvalue weighted by Gasteiger charge is 2.01. The van der Waals surface area contributed by atoms with E-state index in [0.717, 1.165) is 22.5 Å². The van der Waals surface area contributed by atoms with Crippen molar-refractivity contribution in [2.45, 2.75) is 13.8 Å². The molecule has 0 aliphatic heterocycles. The number of nitrogens with one attached hydrogen (secondary N) is 1. The summed E-state index contributed by atoms with van der Waals surface area (Å²) in [6, 6.07) is 21.1. The molecule has 0 atom stereocenters. The van der Waals surface area contributed by atoms with Gasteiger partial charge in [0.1, 0.15) is 5.82 Å². The summed E-state index contributed by atoms with van der Waals surface area (Å²) in [5, 5.41) is 3.35. The van der Waals surface area contributed by atoms with Crippen molar-refractivity contribution in [2.24, 2.45) is 0 Å². The van der Waals surface area contributed by atoms with Crippen molar-refractivity contribution < 1.29 is 4.39 Å². The first-order valence-corrected chi connectivity index (χ1v) is 7.98. The van der Waals surface area contributed by atoms with Crippen molar-refractivity contribution in [3.8, 4) is 0 Å². The van der Waals surface area contributed by atoms with E-state index in [1.54, 1.807) is 12.1 Å². The van der Waals surface area contributed by atoms with Crippen molar-refractivity contribution in [2.75, 3.05) is 5.32 Å². The van der Waals surface area contributed by atoms with E-state index in [-0.39, 0.29) is 5.82 Å². The first-order valence-electron chi connectivity index (χ1n) is 7.98. The Bertz CT molecular complexity index is 863. The average Bonchev–Trinajstić information content (AvgIpc) is 2.58. The minimum absolute atomic E-state index is 0.230. The van der Waals surface area contributed by atoms with Gasteiger partial charge in [-0.1, -0.05) is 54.1 Å². The second kappa shape index (κ2) is 7.14. The molecule has 0 saturated heterocycles. The summed E-state index contributed by atoms with van der Waals surface area (Å²) >= 11 is 0. The van der Waals surface area contributed by atoms with Crippen LogP contribution >= 0.6 is 0 Å². The molecular formula is C22H20FN. The summed E-state index contributed by atoms with van der Waals surface area (Å²) in [5.41, 5.74) is 6.59. The van der Waals surface area contributed by atoms with E-state index in [4.69, 9.17) is 0 Å². The molecule has 0 aliphatic carbocycles. The van der Waals surface area contributed by atoms with Crippen LogP contribution < -0.4 is 5.32 Å². The fourth-order valence-corrected chi connectivity index (χ4v) is 2.53. The number of aryl methyl sites for hydroxylation is 2. The highest BCUT2D eigenvalue weighted by Crippen LogP contribution is 2.23. The topological polar surface area (TPSA) is 12.0 Å². The minimum Gasteiger partial charge on any atom is -0.355 e. The molecule has 0 bridgehead atoms. The van der Waals surface area contributed by atoms with Gasteiger partial charge in [0.05, 0.1) is 0 Å². The van der Waals surface area contributed by atoms with E-state index in [0.29, 0.717) is 0 Å². The maximum Gasteiger partial charge on any atom is 0.123 e. The average molecular weight is 317 g/mol. The molecule has 2 heteroatoms. The zero-order valence-electron chi connectivity index (χ0n) is 13.9. The SMILES string of the molecule is Cc1cccc(/C=C/c2ccc(C)c(Nc3ccc(F)cc3)c2)c1. The van der Waals surface area contributed by atoms with Gasteiger partial charge in [-0.15, -0.1) is 0 Å². The zero-order valence-corrected chi connectivity index (χ0v) is 13.9. The Balaban J connectivity index is 1.82. The number of halogens is 1. The Morgan fingerprint density at radius 1 is 0.792 bits per heavy atom. The molecule has 3 aromatic rings. The lowest BCUT2D eigenvalue weighted by molar-refractivity contribution is 0.628. The molecule has 24 heavy (non-hydrogen) atoms. The van der Waals surface area contributed by atoms with E-state index < -0.39 is 0 Å². The van der Waals surface area contributed by atoms with Crippen LogP contribution in [-0.2, 0) is 0 Å². The number of rotatable bonds is 4. The van der Waals surface area contributed by atoms with Crippen LogP contribution in [0.2, 0.25) is 0 Å². The third-order valence-corrected chi connectivity index (χ3v) is 3.90. The minimum atomic E-state index is -0.230. The molecule has 0 amide bonds. The summed E-state index contributed by atoms with van der Waals surface area (Å²) < 4.78 is 13.0. The molecule has 3 rings (SSSR count). The third kappa shape index (κ3) is 4.11. The molecule has 0 aliphatic rings. The summed E-state index contributed by atoms with van der Waals surface area (Å²) in [6.07, 6.45) is 4.21. The van der Waals surface area contributed by atoms with Crippen molar-refractivity contribution in [1.82, 2.24) is 0 Å². The van der Waals surface area contributed by atoms with Crippen LogP contribution in [0.4, 0.5) is 15.8 Å². The lowest BCUT2D eigenvalue weighted by Gasteiger charge is -2.10. The zero-order chi connectivity index (χ0) is 16.9. The van der Waals surface area contributed by atoms with Crippen molar-refractivity contribution >= 4 is 23.5 Å². The summed E-state index contributed by atoms with van der Waals surface area (Å²) in [4.78, 5) is 0. The molecule has 0 saturated carbocycles. The van der Waals surface area contributed by atoms with E-state index in [9.17, 15) is 4.39 Å². The van der Waals surface area contributed by atoms with Crippen LogP contribution in [-0.4, -0.2) is 0 Å². The standard InChI is InChI=1S/C22H20FN/c1-16-4-3-5-18(14-16)8-9-19-7-6-17(2)22(15-19)24-21-12-10-20(23)11-13-21/h3-15,24H,1-2H3/b9-8+. The number of hydrogen-bond donors (Lipinski definition) is 1. The summed E-state index contributed by atoms with van der Waals surface area (Å²) in [5.74, 6) is -0.230. The second-order valence-electron chi connectivity index (χ2n) is 5.95. The lowest BCUT2D eigenvalue weighted by atomic mass is 10.1. The van der Waals surface area contributed by atoms with Crippen LogP contribution in [0, 0.1) is 19.7 Å². The monoisotopic (exact) mass is 317 g/mol. The number of anilines is 2. The van der Waals surface area contributed by atoms with Crippen molar-refractivity contribution in [1.29, 1.82) is 0 Å². The van der Waals surface area contributed by atoms with Gasteiger partial charge in [0.25, 0.3) is 0 Å². The van der Waals surface area contributed by atoms with Crippen molar-refractivity contribution in [3.63, 3.8) is 0 Å². The largest absolute Gasteiger partial charge is 0.355 e. The Hall–Kier alpha value is -2.87. The lowest BCUT2D eigenvalue weighted by Crippen LogP contribution is -1.93. The Labute approximate surface area is 142 Å². The molecule has 0 radical (unpaired) electrons. The molecule has 0 fully saturated rings. The van der Waals surface area contributed by atoms with E-state index >= 15 is 0 Å². The van der Waals surface area contributed by atoms with Gasteiger partial charge >= 0.3 is 0 Å². The quantitative estimate of drug-likeness (QED) is 0.552. The van der Waals surface area contributed by atoms with Crippen LogP contribution in [0.3, 0.4) is 0 Å². The molecule has 1 N–H and O–H groups in total. The van der Waals surface area contributed by atoms with E-state index in [2.05, 4.69) is 73.8 Å². The van der Waals surface area contributed by atoms with Gasteiger partial charge in [-0.3, -0.25) is 0 Å². The van der Waals surface area contributed by atoms with Crippen LogP contribution in [0.1, 0.15) is 22.3 Å². The van der Waals surface area contributed by atoms with Gasteiger partial charge in [0.2, 0.25) is 0 Å². The number of benzene rings is 3. The molecule has 0 aromatic heterocycles. The van der Waals surface area contributed by atoms with Crippen LogP contribution in [0.5, 0.6) is 0 Å². The Morgan fingerprint density at radius 3 is 2.21 bits per heavy atom. The molecule has 0 heterocycles. The summed E-state index contributed by atoms with van der Waals surface area (Å²) in [6.45, 7) is 4.15. The van der Waals surface area contributed by atoms with E-state index in [1.165, 1.54) is 23.3 Å². The molecule has 0 unspecified atom stereocenters. The normalized spacial score (nSPS) is 11.0. The molecule has 0 spiro atoms. The highest BCUT2D eigenvalue weighted by molar-refractivity contribution is 5.74. The Kier molecular flexibility index (Phi) is 4.76. The van der Waals surface area contributed by atoms with Crippen molar-refractivity contribution in [3.05, 3.63) is 94.8 Å². The highest BCUT2D eigenvalue weighted by atomic mass is 19.1. The van der Waals surface area contributed by atoms with E-state index in [1.807, 2.05) is 0 Å². The number of hydrogen-bond acceptors (Lipinski definition) is 1. The van der Waals surface area contributed by atoms with Gasteiger partial charge in [0, 0.05) is 11.4 Å². The first-order chi connectivity index (χ1) is 11.6. The van der Waals surface area contributed by atoms with Gasteiger partial charge in [-0.2, -0.15) is 0 Å². The molecule has 120 valence electrons. The predicted molar refractivity (Wildman–Crippen MR) is 101 cm³/mol. The van der Waals surface area contributed by atoms with Gasteiger partial charge < -0.3 is 5.32 Å². The third-order valence-electron chi connectivity index (χ3n) is 3.90. The second-order valence-corrected chi connectivity index (χ2v) is 5.95. The maximum atomic E-state index is 13.0. The molecular weight excluding hydrogens is 297 g/mol. The van der Waals surface area contributed by atoms with Crippen LogP contribution in [0.25, 0.3) is 12.2 Å². The Morgan fingerprint density at radius 2 is 1.50 bits per heavy atom. The van der Waals surface area contributed by atoms with Gasteiger partial charge in [0.15, 0.2) is 0 Å². The summed E-state index contributed by atoms with van der Waals surface area (Å²) in [7, 11) is 0. The van der Waals surface area contributed by atoms with Crippen LogP contribution in [0.15, 0.2) is 66.7 Å². The smallest absolute Gasteiger partial charge is 0.123 e. The first kappa shape index (κ1) is 16.0. The molecule has 3 aromatic carbocycles. The van der Waals surface area contributed by atoms with Gasteiger partial charge in [-0.05, 0) is 60.9 Å². The fraction of sp³-hybridized carbons (Fsp3) is 0.0909. The fourth-order valence-electron chi connectivity index (χ4n) is 2.53. The predicted octanol–water partition coefficient (Wildman–Crippen LogP) is 6.36. The van der Waals surface area contributed by atoms with Gasteiger partial charge in [-0.25, -0.2) is 4.39 Å². The maximum absolute atomic E-state index is 13.0.